The molecule has 18 heavy (non-hydrogen) atoms. The van der Waals surface area contributed by atoms with Crippen LogP contribution in [0.5, 0.6) is 0 Å². The second-order valence-electron chi connectivity index (χ2n) is 4.27. The number of rotatable bonds is 4. The van der Waals surface area contributed by atoms with Crippen molar-refractivity contribution in [1.82, 2.24) is 4.98 Å². The number of nitrogens with one attached hydrogen (secondary N) is 1. The van der Waals surface area contributed by atoms with Crippen LogP contribution in [0.3, 0.4) is 0 Å². The van der Waals surface area contributed by atoms with Crippen LogP contribution >= 0.6 is 15.9 Å². The Balaban J connectivity index is 2.19. The first-order valence-electron chi connectivity index (χ1n) is 6.03. The maximum atomic E-state index is 11.4. The Morgan fingerprint density at radius 2 is 2.22 bits per heavy atom. The second kappa shape index (κ2) is 5.57. The van der Waals surface area contributed by atoms with Gasteiger partial charge in [0.15, 0.2) is 0 Å². The lowest BCUT2D eigenvalue weighted by Gasteiger charge is -2.02. The van der Waals surface area contributed by atoms with E-state index in [0.717, 1.165) is 20.9 Å². The summed E-state index contributed by atoms with van der Waals surface area (Å²) in [5.41, 5.74) is 3.45. The van der Waals surface area contributed by atoms with Gasteiger partial charge in [0.05, 0.1) is 6.61 Å². The molecule has 0 aliphatic heterocycles. The monoisotopic (exact) mass is 309 g/mol. The van der Waals surface area contributed by atoms with E-state index in [9.17, 15) is 4.79 Å². The lowest BCUT2D eigenvalue weighted by molar-refractivity contribution is -0.143. The Morgan fingerprint density at radius 1 is 1.44 bits per heavy atom. The summed E-state index contributed by atoms with van der Waals surface area (Å²) in [5, 5.41) is 1.16. The zero-order valence-electron chi connectivity index (χ0n) is 10.5. The summed E-state index contributed by atoms with van der Waals surface area (Å²) in [4.78, 5) is 14.6. The van der Waals surface area contributed by atoms with Gasteiger partial charge in [-0.25, -0.2) is 0 Å². The van der Waals surface area contributed by atoms with Crippen molar-refractivity contribution >= 4 is 32.8 Å². The Bertz CT molecular complexity index is 574. The number of hydrogen-bond donors (Lipinski definition) is 1. The van der Waals surface area contributed by atoms with Crippen molar-refractivity contribution in [1.29, 1.82) is 0 Å². The fourth-order valence-electron chi connectivity index (χ4n) is 1.99. The third-order valence-electron chi connectivity index (χ3n) is 2.95. The molecule has 0 saturated heterocycles. The normalized spacial score (nSPS) is 10.8. The van der Waals surface area contributed by atoms with Crippen molar-refractivity contribution in [2.45, 2.75) is 26.7 Å². The minimum absolute atomic E-state index is 0.141. The van der Waals surface area contributed by atoms with Gasteiger partial charge in [0, 0.05) is 28.0 Å². The van der Waals surface area contributed by atoms with Crippen molar-refractivity contribution < 1.29 is 9.53 Å². The number of carbonyl (C=O) groups is 1. The van der Waals surface area contributed by atoms with Crippen molar-refractivity contribution in [3.63, 3.8) is 0 Å². The van der Waals surface area contributed by atoms with E-state index in [2.05, 4.69) is 40.0 Å². The van der Waals surface area contributed by atoms with Crippen molar-refractivity contribution in [3.05, 3.63) is 33.9 Å². The first-order valence-corrected chi connectivity index (χ1v) is 6.83. The average molecular weight is 310 g/mol. The van der Waals surface area contributed by atoms with Crippen LogP contribution < -0.4 is 0 Å². The number of carbonyl (C=O) groups excluding carboxylic acids is 1. The quantitative estimate of drug-likeness (QED) is 0.874. The minimum atomic E-state index is -0.141. The molecule has 1 N–H and O–H groups in total. The van der Waals surface area contributed by atoms with Crippen LogP contribution in [0.4, 0.5) is 0 Å². The number of hydrogen-bond acceptors (Lipinski definition) is 2. The Labute approximate surface area is 115 Å². The molecule has 0 atom stereocenters. The molecule has 0 saturated carbocycles. The zero-order chi connectivity index (χ0) is 13.1. The molecule has 1 aromatic carbocycles. The van der Waals surface area contributed by atoms with Gasteiger partial charge in [0.1, 0.15) is 0 Å². The Kier molecular flexibility index (Phi) is 4.07. The number of aromatic amines is 1. The molecular weight excluding hydrogens is 294 g/mol. The van der Waals surface area contributed by atoms with E-state index in [-0.39, 0.29) is 5.97 Å². The van der Waals surface area contributed by atoms with Gasteiger partial charge in [-0.05, 0) is 43.5 Å². The summed E-state index contributed by atoms with van der Waals surface area (Å²) in [6, 6.07) is 4.20. The van der Waals surface area contributed by atoms with Crippen LogP contribution in [0.1, 0.15) is 24.5 Å². The lowest BCUT2D eigenvalue weighted by atomic mass is 10.1. The molecule has 0 bridgehead atoms. The van der Waals surface area contributed by atoms with E-state index in [1.54, 1.807) is 0 Å². The summed E-state index contributed by atoms with van der Waals surface area (Å²) in [6.45, 7) is 4.32. The number of ether oxygens (including phenoxy) is 1. The first-order chi connectivity index (χ1) is 8.61. The molecule has 0 aliphatic rings. The summed E-state index contributed by atoms with van der Waals surface area (Å²) in [5.74, 6) is -0.141. The van der Waals surface area contributed by atoms with Crippen LogP contribution in [0, 0.1) is 6.92 Å². The summed E-state index contributed by atoms with van der Waals surface area (Å²) in [6.07, 6.45) is 3.09. The SMILES string of the molecule is CCOC(=O)CCc1c[nH]c2cc(C)c(Br)cc12. The molecule has 4 heteroatoms. The molecule has 0 unspecified atom stereocenters. The third kappa shape index (κ3) is 2.75. The summed E-state index contributed by atoms with van der Waals surface area (Å²) in [7, 11) is 0. The smallest absolute Gasteiger partial charge is 0.306 e. The molecular formula is C14H16BrNO2. The predicted octanol–water partition coefficient (Wildman–Crippen LogP) is 3.73. The molecule has 0 amide bonds. The third-order valence-corrected chi connectivity index (χ3v) is 3.80. The highest BCUT2D eigenvalue weighted by molar-refractivity contribution is 9.10. The maximum absolute atomic E-state index is 11.4. The van der Waals surface area contributed by atoms with E-state index < -0.39 is 0 Å². The number of halogens is 1. The largest absolute Gasteiger partial charge is 0.466 e. The molecule has 2 aromatic rings. The number of aromatic nitrogens is 1. The van der Waals surface area contributed by atoms with Gasteiger partial charge in [0.2, 0.25) is 0 Å². The molecule has 0 aliphatic carbocycles. The van der Waals surface area contributed by atoms with Crippen molar-refractivity contribution in [3.8, 4) is 0 Å². The Morgan fingerprint density at radius 3 is 2.94 bits per heavy atom. The maximum Gasteiger partial charge on any atom is 0.306 e. The fourth-order valence-corrected chi connectivity index (χ4v) is 2.33. The number of esters is 1. The lowest BCUT2D eigenvalue weighted by Crippen LogP contribution is -2.04. The van der Waals surface area contributed by atoms with E-state index in [0.29, 0.717) is 19.4 Å². The molecule has 0 radical (unpaired) electrons. The van der Waals surface area contributed by atoms with Gasteiger partial charge in [-0.1, -0.05) is 15.9 Å². The number of fused-ring (bicyclic) bond motifs is 1. The van der Waals surface area contributed by atoms with Crippen LogP contribution in [0.2, 0.25) is 0 Å². The van der Waals surface area contributed by atoms with E-state index in [1.807, 2.05) is 13.1 Å². The average Bonchev–Trinajstić information content (AvgIpc) is 2.70. The highest BCUT2D eigenvalue weighted by atomic mass is 79.9. The van der Waals surface area contributed by atoms with Crippen LogP contribution in [-0.2, 0) is 16.0 Å². The van der Waals surface area contributed by atoms with Gasteiger partial charge in [0.25, 0.3) is 0 Å². The number of H-pyrrole nitrogens is 1. The number of aryl methyl sites for hydroxylation is 2. The standard InChI is InChI=1S/C14H16BrNO2/c1-3-18-14(17)5-4-10-8-16-13-6-9(2)12(15)7-11(10)13/h6-8,16H,3-5H2,1-2H3. The molecule has 96 valence electrons. The van der Waals surface area contributed by atoms with Crippen LogP contribution in [-0.4, -0.2) is 17.6 Å². The van der Waals surface area contributed by atoms with Gasteiger partial charge in [-0.2, -0.15) is 0 Å². The molecule has 2 rings (SSSR count). The van der Waals surface area contributed by atoms with Gasteiger partial charge in [-0.3, -0.25) is 4.79 Å². The first kappa shape index (κ1) is 13.1. The molecule has 0 spiro atoms. The van der Waals surface area contributed by atoms with E-state index in [1.165, 1.54) is 5.56 Å². The van der Waals surface area contributed by atoms with Gasteiger partial charge >= 0.3 is 5.97 Å². The molecule has 1 aromatic heterocycles. The zero-order valence-corrected chi connectivity index (χ0v) is 12.1. The molecule has 1 heterocycles. The fraction of sp³-hybridized carbons (Fsp3) is 0.357. The topological polar surface area (TPSA) is 42.1 Å². The van der Waals surface area contributed by atoms with Crippen molar-refractivity contribution in [2.24, 2.45) is 0 Å². The molecule has 3 nitrogen and oxygen atoms in total. The van der Waals surface area contributed by atoms with Crippen LogP contribution in [0.25, 0.3) is 10.9 Å². The molecule has 0 fully saturated rings. The van der Waals surface area contributed by atoms with E-state index >= 15 is 0 Å². The predicted molar refractivity (Wildman–Crippen MR) is 75.7 cm³/mol. The highest BCUT2D eigenvalue weighted by Gasteiger charge is 2.09. The van der Waals surface area contributed by atoms with Crippen molar-refractivity contribution in [2.75, 3.05) is 6.61 Å². The number of benzene rings is 1. The highest BCUT2D eigenvalue weighted by Crippen LogP contribution is 2.26. The van der Waals surface area contributed by atoms with Gasteiger partial charge < -0.3 is 9.72 Å². The minimum Gasteiger partial charge on any atom is -0.466 e. The summed E-state index contributed by atoms with van der Waals surface area (Å²) >= 11 is 3.53. The summed E-state index contributed by atoms with van der Waals surface area (Å²) < 4.78 is 6.03. The Hall–Kier alpha value is -1.29. The van der Waals surface area contributed by atoms with Gasteiger partial charge in [-0.15, -0.1) is 0 Å². The second-order valence-corrected chi connectivity index (χ2v) is 5.12. The van der Waals surface area contributed by atoms with E-state index in [4.69, 9.17) is 4.74 Å². The van der Waals surface area contributed by atoms with Crippen LogP contribution in [0.15, 0.2) is 22.8 Å².